The van der Waals surface area contributed by atoms with E-state index in [1.54, 1.807) is 0 Å². The van der Waals surface area contributed by atoms with Crippen molar-refractivity contribution in [2.45, 2.75) is 6.04 Å². The van der Waals surface area contributed by atoms with Gasteiger partial charge in [-0.3, -0.25) is 5.84 Å². The van der Waals surface area contributed by atoms with Gasteiger partial charge in [0.15, 0.2) is 29.1 Å². The van der Waals surface area contributed by atoms with Crippen molar-refractivity contribution >= 4 is 0 Å². The average Bonchev–Trinajstić information content (AvgIpc) is 2.44. The highest BCUT2D eigenvalue weighted by atomic mass is 19.2. The van der Waals surface area contributed by atoms with Crippen LogP contribution in [-0.2, 0) is 0 Å². The number of nitrogens with two attached hydrogens (primary N) is 1. The quantitative estimate of drug-likeness (QED) is 0.394. The Kier molecular flexibility index (Phi) is 4.01. The van der Waals surface area contributed by atoms with Crippen LogP contribution in [0, 0.1) is 29.1 Å². The third-order valence-corrected chi connectivity index (χ3v) is 2.84. The van der Waals surface area contributed by atoms with E-state index in [9.17, 15) is 22.0 Å². The molecule has 0 radical (unpaired) electrons. The van der Waals surface area contributed by atoms with Gasteiger partial charge in [0, 0.05) is 11.1 Å². The highest BCUT2D eigenvalue weighted by molar-refractivity contribution is 5.34. The third kappa shape index (κ3) is 2.37. The maximum Gasteiger partial charge on any atom is 0.194 e. The lowest BCUT2D eigenvalue weighted by molar-refractivity contribution is 0.428. The van der Waals surface area contributed by atoms with Crippen LogP contribution in [0.1, 0.15) is 17.2 Å². The molecule has 0 spiro atoms. The number of hydrogen-bond donors (Lipinski definition) is 2. The number of hydrogen-bond acceptors (Lipinski definition) is 2. The van der Waals surface area contributed by atoms with Crippen LogP contribution < -0.4 is 11.3 Å². The maximum atomic E-state index is 13.7. The molecule has 0 aliphatic heterocycles. The molecule has 2 aromatic carbocycles. The van der Waals surface area contributed by atoms with Crippen molar-refractivity contribution in [2.24, 2.45) is 5.84 Å². The third-order valence-electron chi connectivity index (χ3n) is 2.84. The molecule has 3 N–H and O–H groups in total. The molecule has 0 amide bonds. The molecule has 0 bridgehead atoms. The molecule has 7 heteroatoms. The van der Waals surface area contributed by atoms with Crippen LogP contribution in [0.3, 0.4) is 0 Å². The highest BCUT2D eigenvalue weighted by Gasteiger charge is 2.24. The second kappa shape index (κ2) is 5.56. The summed E-state index contributed by atoms with van der Waals surface area (Å²) >= 11 is 0. The normalized spacial score (nSPS) is 12.5. The summed E-state index contributed by atoms with van der Waals surface area (Å²) in [6, 6.07) is 3.44. The van der Waals surface area contributed by atoms with Gasteiger partial charge in [0.2, 0.25) is 0 Å². The van der Waals surface area contributed by atoms with E-state index in [0.717, 1.165) is 18.2 Å². The molecule has 20 heavy (non-hydrogen) atoms. The Balaban J connectivity index is 2.59. The van der Waals surface area contributed by atoms with Gasteiger partial charge in [0.05, 0.1) is 6.04 Å². The second-order valence-corrected chi connectivity index (χ2v) is 4.01. The smallest absolute Gasteiger partial charge is 0.194 e. The van der Waals surface area contributed by atoms with Crippen LogP contribution in [0.5, 0.6) is 0 Å². The molecule has 106 valence electrons. The SMILES string of the molecule is NNC(c1cccc(F)c1F)c1ccc(F)c(F)c1F. The Morgan fingerprint density at radius 3 is 2.00 bits per heavy atom. The van der Waals surface area contributed by atoms with Crippen molar-refractivity contribution < 1.29 is 22.0 Å². The van der Waals surface area contributed by atoms with E-state index in [-0.39, 0.29) is 5.56 Å². The number of nitrogens with one attached hydrogen (secondary N) is 1. The maximum absolute atomic E-state index is 13.7. The fourth-order valence-corrected chi connectivity index (χ4v) is 1.85. The molecule has 0 saturated heterocycles. The molecule has 0 heterocycles. The Bertz CT molecular complexity index is 645. The minimum atomic E-state index is -1.71. The number of benzene rings is 2. The predicted molar refractivity (Wildman–Crippen MR) is 61.8 cm³/mol. The summed E-state index contributed by atoms with van der Waals surface area (Å²) in [6.07, 6.45) is 0. The fourth-order valence-electron chi connectivity index (χ4n) is 1.85. The Hall–Kier alpha value is -1.99. The topological polar surface area (TPSA) is 38.0 Å². The largest absolute Gasteiger partial charge is 0.271 e. The van der Waals surface area contributed by atoms with Crippen LogP contribution in [0.15, 0.2) is 30.3 Å². The summed E-state index contributed by atoms with van der Waals surface area (Å²) in [5, 5.41) is 0. The van der Waals surface area contributed by atoms with E-state index in [0.29, 0.717) is 6.07 Å². The number of halogens is 5. The molecular formula is C13H9F5N2. The Morgan fingerprint density at radius 2 is 1.35 bits per heavy atom. The number of hydrazine groups is 1. The molecule has 1 atom stereocenters. The van der Waals surface area contributed by atoms with Crippen molar-refractivity contribution in [3.05, 3.63) is 70.5 Å². The minimum Gasteiger partial charge on any atom is -0.271 e. The first-order chi connectivity index (χ1) is 9.47. The first-order valence-corrected chi connectivity index (χ1v) is 5.50. The lowest BCUT2D eigenvalue weighted by atomic mass is 9.98. The predicted octanol–water partition coefficient (Wildman–Crippen LogP) is 2.93. The van der Waals surface area contributed by atoms with E-state index in [4.69, 9.17) is 5.84 Å². The van der Waals surface area contributed by atoms with E-state index in [2.05, 4.69) is 5.43 Å². The van der Waals surface area contributed by atoms with Gasteiger partial charge in [-0.05, 0) is 12.1 Å². The molecule has 1 unspecified atom stereocenters. The van der Waals surface area contributed by atoms with E-state index in [1.807, 2.05) is 0 Å². The zero-order chi connectivity index (χ0) is 14.9. The summed E-state index contributed by atoms with van der Waals surface area (Å²) in [5.74, 6) is -1.83. The molecule has 2 nitrogen and oxygen atoms in total. The zero-order valence-electron chi connectivity index (χ0n) is 9.93. The minimum absolute atomic E-state index is 0.322. The lowest BCUT2D eigenvalue weighted by Gasteiger charge is -2.18. The summed E-state index contributed by atoms with van der Waals surface area (Å²) in [7, 11) is 0. The summed E-state index contributed by atoms with van der Waals surface area (Å²) in [5.41, 5.74) is 1.30. The Morgan fingerprint density at radius 1 is 0.750 bits per heavy atom. The van der Waals surface area contributed by atoms with Crippen molar-refractivity contribution in [2.75, 3.05) is 0 Å². The standard InChI is InChI=1S/C13H9F5N2/c14-8-3-1-2-6(10(8)16)13(20-19)7-4-5-9(15)12(18)11(7)17/h1-5,13,20H,19H2. The van der Waals surface area contributed by atoms with Gasteiger partial charge in [-0.2, -0.15) is 0 Å². The van der Waals surface area contributed by atoms with Crippen LogP contribution in [-0.4, -0.2) is 0 Å². The van der Waals surface area contributed by atoms with Crippen molar-refractivity contribution in [1.29, 1.82) is 0 Å². The first kappa shape index (κ1) is 14.4. The molecule has 0 saturated carbocycles. The van der Waals surface area contributed by atoms with Crippen molar-refractivity contribution in [3.8, 4) is 0 Å². The van der Waals surface area contributed by atoms with Crippen LogP contribution in [0.2, 0.25) is 0 Å². The molecule has 0 aliphatic rings. The molecular weight excluding hydrogens is 279 g/mol. The Labute approximate surface area is 111 Å². The first-order valence-electron chi connectivity index (χ1n) is 5.50. The van der Waals surface area contributed by atoms with Crippen LogP contribution in [0.25, 0.3) is 0 Å². The summed E-state index contributed by atoms with van der Waals surface area (Å²) < 4.78 is 66.6. The lowest BCUT2D eigenvalue weighted by Crippen LogP contribution is -2.30. The van der Waals surface area contributed by atoms with Gasteiger partial charge in [-0.25, -0.2) is 27.4 Å². The van der Waals surface area contributed by atoms with Crippen molar-refractivity contribution in [3.63, 3.8) is 0 Å². The van der Waals surface area contributed by atoms with Crippen LogP contribution >= 0.6 is 0 Å². The summed E-state index contributed by atoms with van der Waals surface area (Å²) in [6.45, 7) is 0. The molecule has 0 aliphatic carbocycles. The van der Waals surface area contributed by atoms with Gasteiger partial charge < -0.3 is 0 Å². The van der Waals surface area contributed by atoms with Crippen LogP contribution in [0.4, 0.5) is 22.0 Å². The number of rotatable bonds is 3. The van der Waals surface area contributed by atoms with E-state index >= 15 is 0 Å². The monoisotopic (exact) mass is 288 g/mol. The highest BCUT2D eigenvalue weighted by Crippen LogP contribution is 2.28. The molecule has 2 rings (SSSR count). The van der Waals surface area contributed by atoms with Gasteiger partial charge >= 0.3 is 0 Å². The van der Waals surface area contributed by atoms with Gasteiger partial charge in [-0.15, -0.1) is 0 Å². The molecule has 0 fully saturated rings. The molecule has 2 aromatic rings. The molecule has 0 aromatic heterocycles. The average molecular weight is 288 g/mol. The summed E-state index contributed by atoms with van der Waals surface area (Å²) in [4.78, 5) is 0. The van der Waals surface area contributed by atoms with Gasteiger partial charge in [0.25, 0.3) is 0 Å². The zero-order valence-corrected chi connectivity index (χ0v) is 9.93. The van der Waals surface area contributed by atoms with E-state index in [1.165, 1.54) is 6.07 Å². The van der Waals surface area contributed by atoms with E-state index < -0.39 is 40.7 Å². The fraction of sp³-hybridized carbons (Fsp3) is 0.0769. The van der Waals surface area contributed by atoms with Crippen molar-refractivity contribution in [1.82, 2.24) is 5.43 Å². The van der Waals surface area contributed by atoms with Gasteiger partial charge in [0.1, 0.15) is 0 Å². The second-order valence-electron chi connectivity index (χ2n) is 4.01. The van der Waals surface area contributed by atoms with Gasteiger partial charge in [-0.1, -0.05) is 18.2 Å².